The molecule has 10 nitrogen and oxygen atoms in total. The highest BCUT2D eigenvalue weighted by Gasteiger charge is 2.23. The molecule has 5 aromatic rings. The Morgan fingerprint density at radius 1 is 0.769 bits per heavy atom. The summed E-state index contributed by atoms with van der Waals surface area (Å²) in [5.74, 6) is 0.662. The third kappa shape index (κ3) is 5.78. The smallest absolute Gasteiger partial charge is 0.263 e. The first-order chi connectivity index (χ1) is 19.0. The molecule has 0 aliphatic heterocycles. The lowest BCUT2D eigenvalue weighted by molar-refractivity contribution is 0.348. The van der Waals surface area contributed by atoms with Crippen molar-refractivity contribution in [3.05, 3.63) is 96.2 Å². The first-order valence-corrected chi connectivity index (χ1v) is 13.2. The van der Waals surface area contributed by atoms with Crippen LogP contribution in [0.1, 0.15) is 5.56 Å². The minimum absolute atomic E-state index is 0.0332. The van der Waals surface area contributed by atoms with Gasteiger partial charge in [-0.15, -0.1) is 0 Å². The molecule has 196 valence electrons. The Kier molecular flexibility index (Phi) is 7.32. The Balaban J connectivity index is 1.57. The third-order valence-corrected chi connectivity index (χ3v) is 6.54. The van der Waals surface area contributed by atoms with E-state index in [4.69, 9.17) is 14.2 Å². The summed E-state index contributed by atoms with van der Waals surface area (Å²) in [6.07, 6.45) is 4.56. The molecule has 0 aliphatic carbocycles. The Hall–Kier alpha value is -5.03. The van der Waals surface area contributed by atoms with E-state index in [0.717, 1.165) is 21.7 Å². The molecule has 5 rings (SSSR count). The zero-order chi connectivity index (χ0) is 27.2. The molecule has 2 heterocycles. The van der Waals surface area contributed by atoms with Gasteiger partial charge in [0.25, 0.3) is 15.9 Å². The van der Waals surface area contributed by atoms with Crippen molar-refractivity contribution < 1.29 is 22.6 Å². The highest BCUT2D eigenvalue weighted by molar-refractivity contribution is 7.95. The summed E-state index contributed by atoms with van der Waals surface area (Å²) in [6.45, 7) is 0. The van der Waals surface area contributed by atoms with E-state index in [0.29, 0.717) is 11.5 Å². The van der Waals surface area contributed by atoms with Gasteiger partial charge in [0.1, 0.15) is 0 Å². The van der Waals surface area contributed by atoms with Gasteiger partial charge in [0.15, 0.2) is 23.1 Å². The van der Waals surface area contributed by atoms with Crippen LogP contribution in [0.15, 0.2) is 90.6 Å². The fraction of sp³-hybridized carbons (Fsp3) is 0.0714. The number of fused-ring (bicyclic) bond motifs is 1. The van der Waals surface area contributed by atoms with E-state index in [1.807, 2.05) is 42.5 Å². The molecular weight excluding hydrogens is 518 g/mol. The zero-order valence-corrected chi connectivity index (χ0v) is 21.8. The molecule has 0 aliphatic rings. The van der Waals surface area contributed by atoms with Gasteiger partial charge in [-0.05, 0) is 40.6 Å². The van der Waals surface area contributed by atoms with Crippen LogP contribution in [0.25, 0.3) is 28.5 Å². The van der Waals surface area contributed by atoms with E-state index in [1.54, 1.807) is 30.3 Å². The first kappa shape index (κ1) is 25.6. The third-order valence-electron chi connectivity index (χ3n) is 5.56. The lowest BCUT2D eigenvalue weighted by atomic mass is 10.1. The molecule has 0 atom stereocenters. The van der Waals surface area contributed by atoms with Crippen molar-refractivity contribution >= 4 is 32.7 Å². The van der Waals surface area contributed by atoms with E-state index in [-0.39, 0.29) is 29.1 Å². The van der Waals surface area contributed by atoms with E-state index >= 15 is 0 Å². The highest BCUT2D eigenvalue weighted by Crippen LogP contribution is 2.40. The standard InChI is InChI=1S/C28H23N5O5S/c1-36-22-13-5-6-14-23(22)38-24-25(31-27(32-28(24)37-2)26-29-16-8-17-30-26)33-39(34,35)18-15-20-11-7-10-19-9-3-4-12-21(19)20/h3-18H,1-2H3,(H,31,32,33)/b18-15+. The van der Waals surface area contributed by atoms with Crippen LogP contribution >= 0.6 is 0 Å². The Bertz CT molecular complexity index is 1760. The van der Waals surface area contributed by atoms with Gasteiger partial charge in [-0.1, -0.05) is 54.6 Å². The van der Waals surface area contributed by atoms with Crippen LogP contribution in [-0.4, -0.2) is 42.6 Å². The Morgan fingerprint density at radius 3 is 2.26 bits per heavy atom. The van der Waals surface area contributed by atoms with Crippen LogP contribution in [0.5, 0.6) is 23.1 Å². The Morgan fingerprint density at radius 2 is 1.49 bits per heavy atom. The van der Waals surface area contributed by atoms with Gasteiger partial charge in [0.2, 0.25) is 11.6 Å². The number of nitrogens with zero attached hydrogens (tertiary/aromatic N) is 4. The van der Waals surface area contributed by atoms with Crippen molar-refractivity contribution in [2.45, 2.75) is 0 Å². The molecule has 0 spiro atoms. The number of ether oxygens (including phenoxy) is 3. The number of sulfonamides is 1. The second-order valence-electron chi connectivity index (χ2n) is 8.08. The number of hydrogen-bond donors (Lipinski definition) is 1. The SMILES string of the molecule is COc1ccccc1Oc1c(NS(=O)(=O)/C=C/c2cccc3ccccc23)nc(-c2ncccn2)nc1OC. The van der Waals surface area contributed by atoms with Crippen LogP contribution in [0.2, 0.25) is 0 Å². The molecular formula is C28H23N5O5S. The van der Waals surface area contributed by atoms with Gasteiger partial charge in [-0.3, -0.25) is 4.72 Å². The number of para-hydroxylation sites is 2. The number of rotatable bonds is 9. The van der Waals surface area contributed by atoms with Gasteiger partial charge < -0.3 is 14.2 Å². The topological polar surface area (TPSA) is 125 Å². The lowest BCUT2D eigenvalue weighted by Crippen LogP contribution is -2.13. The predicted octanol–water partition coefficient (Wildman–Crippen LogP) is 5.31. The largest absolute Gasteiger partial charge is 0.493 e. The molecule has 0 saturated heterocycles. The average Bonchev–Trinajstić information content (AvgIpc) is 2.97. The summed E-state index contributed by atoms with van der Waals surface area (Å²) in [5, 5.41) is 2.97. The minimum atomic E-state index is -4.08. The van der Waals surface area contributed by atoms with E-state index in [1.165, 1.54) is 32.7 Å². The van der Waals surface area contributed by atoms with Crippen molar-refractivity contribution in [1.82, 2.24) is 19.9 Å². The lowest BCUT2D eigenvalue weighted by Gasteiger charge is -2.16. The van der Waals surface area contributed by atoms with Crippen LogP contribution in [-0.2, 0) is 10.0 Å². The normalized spacial score (nSPS) is 11.4. The van der Waals surface area contributed by atoms with Crippen LogP contribution in [0.3, 0.4) is 0 Å². The molecule has 0 fully saturated rings. The highest BCUT2D eigenvalue weighted by atomic mass is 32.2. The number of benzene rings is 3. The summed E-state index contributed by atoms with van der Waals surface area (Å²) in [7, 11) is -1.21. The molecule has 0 amide bonds. The quantitative estimate of drug-likeness (QED) is 0.264. The first-order valence-electron chi connectivity index (χ1n) is 11.7. The zero-order valence-electron chi connectivity index (χ0n) is 21.0. The van der Waals surface area contributed by atoms with E-state index in [2.05, 4.69) is 24.7 Å². The maximum Gasteiger partial charge on any atom is 0.263 e. The van der Waals surface area contributed by atoms with Crippen LogP contribution in [0.4, 0.5) is 5.82 Å². The van der Waals surface area contributed by atoms with Gasteiger partial charge in [0.05, 0.1) is 19.6 Å². The average molecular weight is 542 g/mol. The molecule has 0 unspecified atom stereocenters. The number of anilines is 1. The molecule has 0 bridgehead atoms. The monoisotopic (exact) mass is 541 g/mol. The van der Waals surface area contributed by atoms with Crippen LogP contribution in [0, 0.1) is 0 Å². The van der Waals surface area contributed by atoms with Gasteiger partial charge in [0, 0.05) is 12.4 Å². The summed E-state index contributed by atoms with van der Waals surface area (Å²) in [4.78, 5) is 17.1. The second-order valence-corrected chi connectivity index (χ2v) is 9.64. The fourth-order valence-electron chi connectivity index (χ4n) is 3.78. The van der Waals surface area contributed by atoms with E-state index in [9.17, 15) is 8.42 Å². The predicted molar refractivity (Wildman–Crippen MR) is 148 cm³/mol. The van der Waals surface area contributed by atoms with Crippen molar-refractivity contribution in [1.29, 1.82) is 0 Å². The van der Waals surface area contributed by atoms with Crippen LogP contribution < -0.4 is 18.9 Å². The Labute approximate surface area is 225 Å². The number of nitrogens with one attached hydrogen (secondary N) is 1. The van der Waals surface area contributed by atoms with Crippen molar-refractivity contribution in [3.8, 4) is 34.8 Å². The molecule has 11 heteroatoms. The number of aromatic nitrogens is 4. The summed E-state index contributed by atoms with van der Waals surface area (Å²) in [5.41, 5.74) is 0.739. The molecule has 0 saturated carbocycles. The summed E-state index contributed by atoms with van der Waals surface area (Å²) in [6, 6.07) is 21.9. The molecule has 1 N–H and O–H groups in total. The minimum Gasteiger partial charge on any atom is -0.493 e. The van der Waals surface area contributed by atoms with Crippen molar-refractivity contribution in [2.24, 2.45) is 0 Å². The molecule has 39 heavy (non-hydrogen) atoms. The van der Waals surface area contributed by atoms with Crippen molar-refractivity contribution in [2.75, 3.05) is 18.9 Å². The number of hydrogen-bond acceptors (Lipinski definition) is 9. The van der Waals surface area contributed by atoms with Crippen molar-refractivity contribution in [3.63, 3.8) is 0 Å². The van der Waals surface area contributed by atoms with Gasteiger partial charge >= 0.3 is 0 Å². The maximum atomic E-state index is 13.3. The summed E-state index contributed by atoms with van der Waals surface area (Å²) >= 11 is 0. The van der Waals surface area contributed by atoms with Gasteiger partial charge in [-0.25, -0.2) is 23.4 Å². The fourth-order valence-corrected chi connectivity index (χ4v) is 4.59. The second kappa shape index (κ2) is 11.2. The molecule has 2 aromatic heterocycles. The number of methoxy groups -OCH3 is 2. The molecule has 0 radical (unpaired) electrons. The maximum absolute atomic E-state index is 13.3. The van der Waals surface area contributed by atoms with E-state index < -0.39 is 10.0 Å². The molecule has 3 aromatic carbocycles. The summed E-state index contributed by atoms with van der Waals surface area (Å²) < 4.78 is 45.9. The van der Waals surface area contributed by atoms with Gasteiger partial charge in [-0.2, -0.15) is 4.98 Å².